The van der Waals surface area contributed by atoms with Crippen molar-refractivity contribution in [3.8, 4) is 0 Å². The highest BCUT2D eigenvalue weighted by atomic mass is 32.2. The van der Waals surface area contributed by atoms with Crippen molar-refractivity contribution in [3.05, 3.63) is 60.2 Å². The van der Waals surface area contributed by atoms with Gasteiger partial charge in [-0.25, -0.2) is 0 Å². The van der Waals surface area contributed by atoms with Crippen LogP contribution in [0.5, 0.6) is 0 Å². The van der Waals surface area contributed by atoms with Crippen LogP contribution in [0.1, 0.15) is 18.5 Å². The quantitative estimate of drug-likeness (QED) is 0.858. The van der Waals surface area contributed by atoms with Crippen molar-refractivity contribution < 1.29 is 14.5 Å². The molecule has 1 atom stereocenters. The summed E-state index contributed by atoms with van der Waals surface area (Å²) in [5.41, 5.74) is 2.19. The smallest absolute Gasteiger partial charge is 0.282 e. The van der Waals surface area contributed by atoms with Crippen molar-refractivity contribution in [2.75, 3.05) is 43.4 Å². The molecule has 146 valence electrons. The van der Waals surface area contributed by atoms with E-state index in [0.717, 1.165) is 37.6 Å². The van der Waals surface area contributed by atoms with Crippen molar-refractivity contribution in [2.45, 2.75) is 17.9 Å². The van der Waals surface area contributed by atoms with Gasteiger partial charge in [-0.2, -0.15) is 0 Å². The summed E-state index contributed by atoms with van der Waals surface area (Å²) in [5.74, 6) is 1.14. The molecule has 6 heteroatoms. The first kappa shape index (κ1) is 19.0. The van der Waals surface area contributed by atoms with Gasteiger partial charge in [0.2, 0.25) is 5.91 Å². The fraction of sp³-hybridized carbons (Fsp3) is 0.364. The zero-order valence-electron chi connectivity index (χ0n) is 16.1. The summed E-state index contributed by atoms with van der Waals surface area (Å²) >= 11 is 1.82. The highest BCUT2D eigenvalue weighted by molar-refractivity contribution is 7.99. The first-order valence-electron chi connectivity index (χ1n) is 9.81. The minimum absolute atomic E-state index is 0.0477. The summed E-state index contributed by atoms with van der Waals surface area (Å²) in [6.07, 6.45) is 0. The third kappa shape index (κ3) is 3.93. The predicted molar refractivity (Wildman–Crippen MR) is 112 cm³/mol. The highest BCUT2D eigenvalue weighted by Gasteiger charge is 2.35. The lowest BCUT2D eigenvalue weighted by Gasteiger charge is -2.38. The largest absolute Gasteiger partial charge is 0.332 e. The molecule has 2 heterocycles. The van der Waals surface area contributed by atoms with E-state index in [-0.39, 0.29) is 17.9 Å². The molecule has 0 spiro atoms. The van der Waals surface area contributed by atoms with Crippen LogP contribution in [0.4, 0.5) is 5.69 Å². The Morgan fingerprint density at radius 1 is 1.04 bits per heavy atom. The van der Waals surface area contributed by atoms with Crippen LogP contribution in [-0.2, 0) is 9.59 Å². The predicted octanol–water partition coefficient (Wildman–Crippen LogP) is 1.61. The summed E-state index contributed by atoms with van der Waals surface area (Å²) < 4.78 is 0. The molecule has 2 aromatic carbocycles. The number of carbonyl (C=O) groups excluding carboxylic acids is 2. The van der Waals surface area contributed by atoms with Gasteiger partial charge in [-0.1, -0.05) is 42.5 Å². The summed E-state index contributed by atoms with van der Waals surface area (Å²) in [4.78, 5) is 31.3. The fourth-order valence-corrected chi connectivity index (χ4v) is 5.20. The third-order valence-electron chi connectivity index (χ3n) is 5.60. The first-order chi connectivity index (χ1) is 13.6. The van der Waals surface area contributed by atoms with Crippen LogP contribution in [0.3, 0.4) is 0 Å². The Morgan fingerprint density at radius 2 is 1.71 bits per heavy atom. The fourth-order valence-electron chi connectivity index (χ4n) is 4.03. The van der Waals surface area contributed by atoms with Crippen molar-refractivity contribution in [1.82, 2.24) is 4.90 Å². The second-order valence-corrected chi connectivity index (χ2v) is 8.46. The van der Waals surface area contributed by atoms with E-state index in [1.54, 1.807) is 6.92 Å². The van der Waals surface area contributed by atoms with Crippen molar-refractivity contribution in [1.29, 1.82) is 0 Å². The number of rotatable bonds is 3. The average molecular weight is 397 g/mol. The molecular formula is C22H26N3O2S+. The number of benzene rings is 2. The van der Waals surface area contributed by atoms with Crippen molar-refractivity contribution >= 4 is 29.3 Å². The van der Waals surface area contributed by atoms with Gasteiger partial charge in [-0.15, -0.1) is 11.8 Å². The molecule has 0 aromatic heterocycles. The van der Waals surface area contributed by atoms with Gasteiger partial charge in [-0.3, -0.25) is 14.5 Å². The van der Waals surface area contributed by atoms with E-state index in [2.05, 4.69) is 24.3 Å². The molecule has 0 bridgehead atoms. The average Bonchev–Trinajstić information content (AvgIpc) is 2.74. The highest BCUT2D eigenvalue weighted by Crippen LogP contribution is 2.42. The molecule has 0 unspecified atom stereocenters. The Labute approximate surface area is 170 Å². The number of amides is 2. The second-order valence-electron chi connectivity index (χ2n) is 7.40. The van der Waals surface area contributed by atoms with E-state index in [1.165, 1.54) is 15.4 Å². The van der Waals surface area contributed by atoms with Gasteiger partial charge in [0, 0.05) is 17.6 Å². The molecule has 1 N–H and O–H groups in total. The maximum Gasteiger partial charge on any atom is 0.282 e. The molecular weight excluding hydrogens is 370 g/mol. The van der Waals surface area contributed by atoms with E-state index >= 15 is 0 Å². The van der Waals surface area contributed by atoms with Gasteiger partial charge in [-0.05, 0) is 17.7 Å². The normalized spacial score (nSPS) is 20.0. The van der Waals surface area contributed by atoms with Gasteiger partial charge >= 0.3 is 0 Å². The molecule has 1 fully saturated rings. The number of anilines is 1. The lowest BCUT2D eigenvalue weighted by atomic mass is 10.1. The van der Waals surface area contributed by atoms with E-state index in [0.29, 0.717) is 6.54 Å². The minimum Gasteiger partial charge on any atom is -0.332 e. The van der Waals surface area contributed by atoms with Crippen LogP contribution in [-0.4, -0.2) is 55.2 Å². The number of nitrogens with zero attached hydrogens (tertiary/aromatic N) is 2. The standard InChI is InChI=1S/C22H25N3O2S/c1-17(26)24-13-11-23(12-14-24)15-22(27)25-19-9-5-6-10-21(19)28-16-20(25)18-7-3-2-4-8-18/h2-10,20H,11-16H2,1H3/p+1/t20-/m1/s1. The summed E-state index contributed by atoms with van der Waals surface area (Å²) in [6, 6.07) is 18.5. The monoisotopic (exact) mass is 396 g/mol. The van der Waals surface area contributed by atoms with E-state index in [1.807, 2.05) is 51.9 Å². The maximum atomic E-state index is 13.4. The molecule has 2 aromatic rings. The second kappa shape index (κ2) is 8.37. The number of nitrogens with one attached hydrogen (secondary N) is 1. The van der Waals surface area contributed by atoms with Gasteiger partial charge in [0.1, 0.15) is 0 Å². The molecule has 0 aliphatic carbocycles. The number of fused-ring (bicyclic) bond motifs is 1. The number of hydrogen-bond donors (Lipinski definition) is 1. The molecule has 2 amide bonds. The van der Waals surface area contributed by atoms with E-state index < -0.39 is 0 Å². The van der Waals surface area contributed by atoms with Gasteiger partial charge < -0.3 is 9.80 Å². The Bertz CT molecular complexity index is 850. The summed E-state index contributed by atoms with van der Waals surface area (Å²) in [6.45, 7) is 5.19. The van der Waals surface area contributed by atoms with Crippen LogP contribution in [0.15, 0.2) is 59.5 Å². The lowest BCUT2D eigenvalue weighted by molar-refractivity contribution is -0.895. The Kier molecular flexibility index (Phi) is 5.69. The lowest BCUT2D eigenvalue weighted by Crippen LogP contribution is -3.15. The van der Waals surface area contributed by atoms with E-state index in [9.17, 15) is 9.59 Å². The number of hydrogen-bond acceptors (Lipinski definition) is 3. The SMILES string of the molecule is CC(=O)N1CC[NH+](CC(=O)N2c3ccccc3SC[C@@H]2c2ccccc2)CC1. The van der Waals surface area contributed by atoms with Gasteiger partial charge in [0.05, 0.1) is 37.9 Å². The summed E-state index contributed by atoms with van der Waals surface area (Å²) in [7, 11) is 0. The topological polar surface area (TPSA) is 45.1 Å². The number of quaternary nitrogens is 1. The van der Waals surface area contributed by atoms with Crippen LogP contribution in [0, 0.1) is 0 Å². The number of thioether (sulfide) groups is 1. The molecule has 0 radical (unpaired) electrons. The van der Waals surface area contributed by atoms with Gasteiger partial charge in [0.25, 0.3) is 5.91 Å². The molecule has 28 heavy (non-hydrogen) atoms. The van der Waals surface area contributed by atoms with Crippen LogP contribution in [0.2, 0.25) is 0 Å². The molecule has 0 saturated carbocycles. The third-order valence-corrected chi connectivity index (χ3v) is 6.74. The molecule has 1 saturated heterocycles. The summed E-state index contributed by atoms with van der Waals surface area (Å²) in [5, 5.41) is 0. The van der Waals surface area contributed by atoms with Crippen LogP contribution >= 0.6 is 11.8 Å². The maximum absolute atomic E-state index is 13.4. The zero-order chi connectivity index (χ0) is 19.5. The molecule has 5 nitrogen and oxygen atoms in total. The van der Waals surface area contributed by atoms with Crippen LogP contribution in [0.25, 0.3) is 0 Å². The zero-order valence-corrected chi connectivity index (χ0v) is 17.0. The van der Waals surface area contributed by atoms with Crippen molar-refractivity contribution in [2.24, 2.45) is 0 Å². The van der Waals surface area contributed by atoms with Gasteiger partial charge in [0.15, 0.2) is 6.54 Å². The number of piperazine rings is 1. The Balaban J connectivity index is 1.55. The number of para-hydroxylation sites is 1. The van der Waals surface area contributed by atoms with Crippen molar-refractivity contribution in [3.63, 3.8) is 0 Å². The first-order valence-corrected chi connectivity index (χ1v) is 10.8. The molecule has 2 aliphatic rings. The Morgan fingerprint density at radius 3 is 2.43 bits per heavy atom. The van der Waals surface area contributed by atoms with E-state index in [4.69, 9.17) is 0 Å². The van der Waals surface area contributed by atoms with Crippen LogP contribution < -0.4 is 9.80 Å². The minimum atomic E-state index is 0.0477. The number of carbonyl (C=O) groups is 2. The Hall–Kier alpha value is -2.31. The molecule has 2 aliphatic heterocycles. The molecule has 4 rings (SSSR count).